The van der Waals surface area contributed by atoms with E-state index in [1.54, 1.807) is 18.9 Å². The summed E-state index contributed by atoms with van der Waals surface area (Å²) in [5.41, 5.74) is 1.12. The lowest BCUT2D eigenvalue weighted by Gasteiger charge is -2.25. The van der Waals surface area contributed by atoms with E-state index in [0.717, 1.165) is 23.6 Å². The van der Waals surface area contributed by atoms with Crippen LogP contribution in [-0.2, 0) is 4.79 Å². The lowest BCUT2D eigenvalue weighted by molar-refractivity contribution is -0.128. The first kappa shape index (κ1) is 14.6. The van der Waals surface area contributed by atoms with Gasteiger partial charge in [0.15, 0.2) is 11.5 Å². The summed E-state index contributed by atoms with van der Waals surface area (Å²) < 4.78 is 11.0. The van der Waals surface area contributed by atoms with Crippen molar-refractivity contribution >= 4 is 17.7 Å². The first-order valence-corrected chi connectivity index (χ1v) is 8.49. The van der Waals surface area contributed by atoms with Crippen LogP contribution in [0.3, 0.4) is 0 Å². The van der Waals surface area contributed by atoms with Crippen LogP contribution < -0.4 is 9.47 Å². The standard InChI is InChI=1S/C16H21NO3S/c1-3-20-14-8-12(6-7-13(14)19-2)16-17(9-11-4-5-11)15(18)10-21-16/h6-8,11,16H,3-5,9-10H2,1-2H3. The number of hydrogen-bond acceptors (Lipinski definition) is 4. The van der Waals surface area contributed by atoms with Crippen LogP contribution in [0.5, 0.6) is 11.5 Å². The maximum atomic E-state index is 12.1. The second kappa shape index (κ2) is 6.18. The van der Waals surface area contributed by atoms with Crippen molar-refractivity contribution in [2.45, 2.75) is 25.1 Å². The molecule has 1 heterocycles. The van der Waals surface area contributed by atoms with E-state index in [4.69, 9.17) is 9.47 Å². The Morgan fingerprint density at radius 2 is 2.14 bits per heavy atom. The summed E-state index contributed by atoms with van der Waals surface area (Å²) in [5.74, 6) is 3.03. The van der Waals surface area contributed by atoms with Crippen molar-refractivity contribution in [3.63, 3.8) is 0 Å². The third-order valence-electron chi connectivity index (χ3n) is 3.89. The summed E-state index contributed by atoms with van der Waals surface area (Å²) in [4.78, 5) is 14.1. The zero-order valence-electron chi connectivity index (χ0n) is 12.5. The molecule has 1 atom stereocenters. The van der Waals surface area contributed by atoms with Crippen LogP contribution in [-0.4, -0.2) is 36.8 Å². The second-order valence-electron chi connectivity index (χ2n) is 5.50. The van der Waals surface area contributed by atoms with Crippen LogP contribution in [0.15, 0.2) is 18.2 Å². The molecule has 2 aliphatic rings. The third-order valence-corrected chi connectivity index (χ3v) is 5.15. The number of amides is 1. The molecule has 1 saturated heterocycles. The summed E-state index contributed by atoms with van der Waals surface area (Å²) in [7, 11) is 1.64. The minimum Gasteiger partial charge on any atom is -0.493 e. The van der Waals surface area contributed by atoms with Crippen LogP contribution in [0.2, 0.25) is 0 Å². The Hall–Kier alpha value is -1.36. The Labute approximate surface area is 129 Å². The van der Waals surface area contributed by atoms with Crippen molar-refractivity contribution in [1.29, 1.82) is 0 Å². The Bertz CT molecular complexity index is 530. The predicted molar refractivity (Wildman–Crippen MR) is 83.8 cm³/mol. The topological polar surface area (TPSA) is 38.8 Å². The SMILES string of the molecule is CCOc1cc(C2SCC(=O)N2CC2CC2)ccc1OC. The van der Waals surface area contributed by atoms with Crippen LogP contribution >= 0.6 is 11.8 Å². The van der Waals surface area contributed by atoms with E-state index in [2.05, 4.69) is 0 Å². The Morgan fingerprint density at radius 3 is 2.81 bits per heavy atom. The zero-order chi connectivity index (χ0) is 14.8. The maximum Gasteiger partial charge on any atom is 0.233 e. The second-order valence-corrected chi connectivity index (χ2v) is 6.56. The highest BCUT2D eigenvalue weighted by molar-refractivity contribution is 8.00. The number of carbonyl (C=O) groups excluding carboxylic acids is 1. The van der Waals surface area contributed by atoms with E-state index in [9.17, 15) is 4.79 Å². The van der Waals surface area contributed by atoms with Gasteiger partial charge in [-0.25, -0.2) is 0 Å². The summed E-state index contributed by atoms with van der Waals surface area (Å²) in [6.07, 6.45) is 2.52. The molecule has 1 unspecified atom stereocenters. The van der Waals surface area contributed by atoms with E-state index in [0.29, 0.717) is 18.3 Å². The molecule has 1 aromatic carbocycles. The zero-order valence-corrected chi connectivity index (χ0v) is 13.3. The van der Waals surface area contributed by atoms with Gasteiger partial charge in [-0.05, 0) is 43.4 Å². The van der Waals surface area contributed by atoms with Gasteiger partial charge in [-0.3, -0.25) is 4.79 Å². The van der Waals surface area contributed by atoms with Gasteiger partial charge in [-0.15, -0.1) is 11.8 Å². The average molecular weight is 307 g/mol. The molecule has 3 rings (SSSR count). The molecule has 0 bridgehead atoms. The van der Waals surface area contributed by atoms with Crippen molar-refractivity contribution in [3.8, 4) is 11.5 Å². The molecule has 114 valence electrons. The highest BCUT2D eigenvalue weighted by Gasteiger charge is 2.37. The number of ether oxygens (including phenoxy) is 2. The van der Waals surface area contributed by atoms with Gasteiger partial charge in [-0.2, -0.15) is 0 Å². The molecule has 1 aromatic rings. The van der Waals surface area contributed by atoms with Gasteiger partial charge in [0.25, 0.3) is 0 Å². The fourth-order valence-electron chi connectivity index (χ4n) is 2.62. The van der Waals surface area contributed by atoms with Gasteiger partial charge in [0.05, 0.1) is 19.5 Å². The van der Waals surface area contributed by atoms with Crippen molar-refractivity contribution in [2.75, 3.05) is 26.0 Å². The Balaban J connectivity index is 1.84. The number of benzene rings is 1. The van der Waals surface area contributed by atoms with Gasteiger partial charge in [-0.1, -0.05) is 6.07 Å². The molecule has 21 heavy (non-hydrogen) atoms. The first-order valence-electron chi connectivity index (χ1n) is 7.44. The number of thioether (sulfide) groups is 1. The minimum absolute atomic E-state index is 0.114. The van der Waals surface area contributed by atoms with Crippen LogP contribution in [0, 0.1) is 5.92 Å². The molecule has 2 fully saturated rings. The molecule has 4 nitrogen and oxygen atoms in total. The van der Waals surface area contributed by atoms with Crippen LogP contribution in [0.4, 0.5) is 0 Å². The predicted octanol–water partition coefficient (Wildman–Crippen LogP) is 3.08. The minimum atomic E-state index is 0.114. The molecule has 1 aliphatic heterocycles. The largest absolute Gasteiger partial charge is 0.493 e. The quantitative estimate of drug-likeness (QED) is 0.809. The van der Waals surface area contributed by atoms with Crippen molar-refractivity contribution in [2.24, 2.45) is 5.92 Å². The molecule has 5 heteroatoms. The van der Waals surface area contributed by atoms with E-state index < -0.39 is 0 Å². The first-order chi connectivity index (χ1) is 10.2. The molecule has 1 aliphatic carbocycles. The molecule has 1 amide bonds. The van der Waals surface area contributed by atoms with E-state index >= 15 is 0 Å². The molecule has 0 radical (unpaired) electrons. The van der Waals surface area contributed by atoms with Crippen molar-refractivity contribution < 1.29 is 14.3 Å². The number of rotatable bonds is 6. The average Bonchev–Trinajstić information content (AvgIpc) is 3.23. The molecule has 0 spiro atoms. The van der Waals surface area contributed by atoms with E-state index in [1.807, 2.05) is 30.0 Å². The molecule has 0 aromatic heterocycles. The molecule has 1 saturated carbocycles. The van der Waals surface area contributed by atoms with Crippen molar-refractivity contribution in [1.82, 2.24) is 4.90 Å². The van der Waals surface area contributed by atoms with E-state index in [-0.39, 0.29) is 11.3 Å². The fourth-order valence-corrected chi connectivity index (χ4v) is 3.81. The van der Waals surface area contributed by atoms with E-state index in [1.165, 1.54) is 12.8 Å². The number of hydrogen-bond donors (Lipinski definition) is 0. The van der Waals surface area contributed by atoms with Gasteiger partial charge < -0.3 is 14.4 Å². The van der Waals surface area contributed by atoms with Crippen LogP contribution in [0.25, 0.3) is 0 Å². The molecule has 0 N–H and O–H groups in total. The van der Waals surface area contributed by atoms with Crippen LogP contribution in [0.1, 0.15) is 30.7 Å². The highest BCUT2D eigenvalue weighted by Crippen LogP contribution is 2.43. The fraction of sp³-hybridized carbons (Fsp3) is 0.562. The lowest BCUT2D eigenvalue weighted by atomic mass is 10.1. The Kier molecular flexibility index (Phi) is 4.29. The normalized spacial score (nSPS) is 21.7. The highest BCUT2D eigenvalue weighted by atomic mass is 32.2. The van der Waals surface area contributed by atoms with Gasteiger partial charge >= 0.3 is 0 Å². The monoisotopic (exact) mass is 307 g/mol. The van der Waals surface area contributed by atoms with Crippen molar-refractivity contribution in [3.05, 3.63) is 23.8 Å². The summed E-state index contributed by atoms with van der Waals surface area (Å²) in [6, 6.07) is 5.98. The molecular weight excluding hydrogens is 286 g/mol. The summed E-state index contributed by atoms with van der Waals surface area (Å²) >= 11 is 1.70. The van der Waals surface area contributed by atoms with Gasteiger partial charge in [0.1, 0.15) is 5.37 Å². The Morgan fingerprint density at radius 1 is 1.33 bits per heavy atom. The molecular formula is C16H21NO3S. The number of carbonyl (C=O) groups is 1. The maximum absolute atomic E-state index is 12.1. The lowest BCUT2D eigenvalue weighted by Crippen LogP contribution is -2.30. The summed E-state index contributed by atoms with van der Waals surface area (Å²) in [5, 5.41) is 0.114. The smallest absolute Gasteiger partial charge is 0.233 e. The summed E-state index contributed by atoms with van der Waals surface area (Å²) in [6.45, 7) is 3.45. The van der Waals surface area contributed by atoms with Gasteiger partial charge in [0, 0.05) is 6.54 Å². The number of methoxy groups -OCH3 is 1. The third kappa shape index (κ3) is 3.12. The number of nitrogens with zero attached hydrogens (tertiary/aromatic N) is 1. The van der Waals surface area contributed by atoms with Gasteiger partial charge in [0.2, 0.25) is 5.91 Å².